The summed E-state index contributed by atoms with van der Waals surface area (Å²) in [5.41, 5.74) is 1.70. The first-order valence-electron chi connectivity index (χ1n) is 6.75. The molecule has 104 valence electrons. The van der Waals surface area contributed by atoms with Crippen molar-refractivity contribution in [3.05, 3.63) is 47.0 Å². The summed E-state index contributed by atoms with van der Waals surface area (Å²) in [6.45, 7) is 1.90. The van der Waals surface area contributed by atoms with Crippen molar-refractivity contribution in [3.63, 3.8) is 0 Å². The fourth-order valence-corrected chi connectivity index (χ4v) is 2.65. The Kier molecular flexibility index (Phi) is 4.59. The molecule has 0 saturated carbocycles. The van der Waals surface area contributed by atoms with Crippen molar-refractivity contribution in [3.8, 4) is 0 Å². The summed E-state index contributed by atoms with van der Waals surface area (Å²) in [5, 5.41) is 9.27. The predicted octanol–water partition coefficient (Wildman–Crippen LogP) is 3.23. The standard InChI is InChI=1S/C16H21FO2/c1-11-3-4-12(8-15(11)17)7-13-5-6-14(10-18)16(9-13)19-2/h3-4,8-9,13-14,18H,5-7,10H2,1-2H3. The van der Waals surface area contributed by atoms with E-state index in [1.165, 1.54) is 0 Å². The second-order valence-corrected chi connectivity index (χ2v) is 5.28. The van der Waals surface area contributed by atoms with Crippen LogP contribution in [-0.4, -0.2) is 18.8 Å². The lowest BCUT2D eigenvalue weighted by molar-refractivity contribution is 0.152. The fraction of sp³-hybridized carbons (Fsp3) is 0.500. The number of methoxy groups -OCH3 is 1. The van der Waals surface area contributed by atoms with Crippen molar-refractivity contribution >= 4 is 0 Å². The van der Waals surface area contributed by atoms with Gasteiger partial charge in [-0.25, -0.2) is 4.39 Å². The van der Waals surface area contributed by atoms with Crippen molar-refractivity contribution < 1.29 is 14.2 Å². The van der Waals surface area contributed by atoms with Crippen molar-refractivity contribution in [2.24, 2.45) is 11.8 Å². The molecule has 1 aromatic rings. The summed E-state index contributed by atoms with van der Waals surface area (Å²) < 4.78 is 18.9. The van der Waals surface area contributed by atoms with Crippen LogP contribution in [0.3, 0.4) is 0 Å². The van der Waals surface area contributed by atoms with E-state index < -0.39 is 0 Å². The van der Waals surface area contributed by atoms with E-state index in [0.29, 0.717) is 11.5 Å². The highest BCUT2D eigenvalue weighted by atomic mass is 19.1. The number of aryl methyl sites for hydroxylation is 1. The van der Waals surface area contributed by atoms with Gasteiger partial charge >= 0.3 is 0 Å². The van der Waals surface area contributed by atoms with Gasteiger partial charge in [0.2, 0.25) is 0 Å². The first-order valence-corrected chi connectivity index (χ1v) is 6.75. The molecule has 0 aliphatic heterocycles. The highest BCUT2D eigenvalue weighted by molar-refractivity contribution is 5.24. The van der Waals surface area contributed by atoms with E-state index in [2.05, 4.69) is 6.08 Å². The highest BCUT2D eigenvalue weighted by Gasteiger charge is 2.23. The number of benzene rings is 1. The molecule has 0 spiro atoms. The average molecular weight is 264 g/mol. The molecule has 1 aliphatic rings. The van der Waals surface area contributed by atoms with Gasteiger partial charge in [0, 0.05) is 5.92 Å². The first kappa shape index (κ1) is 14.1. The maximum Gasteiger partial charge on any atom is 0.126 e. The minimum absolute atomic E-state index is 0.121. The largest absolute Gasteiger partial charge is 0.501 e. The van der Waals surface area contributed by atoms with E-state index in [1.54, 1.807) is 20.1 Å². The molecule has 0 aromatic heterocycles. The minimum Gasteiger partial charge on any atom is -0.501 e. The third-order valence-electron chi connectivity index (χ3n) is 3.88. The van der Waals surface area contributed by atoms with Crippen LogP contribution in [0.1, 0.15) is 24.0 Å². The van der Waals surface area contributed by atoms with E-state index in [9.17, 15) is 9.50 Å². The van der Waals surface area contributed by atoms with Gasteiger partial charge in [0.25, 0.3) is 0 Å². The number of ether oxygens (including phenoxy) is 1. The highest BCUT2D eigenvalue weighted by Crippen LogP contribution is 2.30. The Labute approximate surface area is 113 Å². The maximum absolute atomic E-state index is 13.5. The normalized spacial score (nSPS) is 23.1. The van der Waals surface area contributed by atoms with Gasteiger partial charge in [0.15, 0.2) is 0 Å². The lowest BCUT2D eigenvalue weighted by atomic mass is 9.84. The number of hydrogen-bond donors (Lipinski definition) is 1. The van der Waals surface area contributed by atoms with Crippen molar-refractivity contribution in [1.82, 2.24) is 0 Å². The third kappa shape index (κ3) is 3.35. The molecule has 2 rings (SSSR count). The van der Waals surface area contributed by atoms with E-state index in [1.807, 2.05) is 12.1 Å². The topological polar surface area (TPSA) is 29.5 Å². The molecule has 3 heteroatoms. The van der Waals surface area contributed by atoms with Crippen LogP contribution < -0.4 is 0 Å². The molecule has 0 fully saturated rings. The molecular weight excluding hydrogens is 243 g/mol. The summed E-state index contributed by atoms with van der Waals surface area (Å²) in [6.07, 6.45) is 4.84. The predicted molar refractivity (Wildman–Crippen MR) is 73.2 cm³/mol. The van der Waals surface area contributed by atoms with Gasteiger partial charge in [-0.05, 0) is 55.4 Å². The SMILES string of the molecule is COC1=CC(Cc2ccc(C)c(F)c2)CCC1CO. The van der Waals surface area contributed by atoms with E-state index in [-0.39, 0.29) is 18.3 Å². The van der Waals surface area contributed by atoms with Crippen LogP contribution in [-0.2, 0) is 11.2 Å². The summed E-state index contributed by atoms with van der Waals surface area (Å²) >= 11 is 0. The molecule has 2 unspecified atom stereocenters. The summed E-state index contributed by atoms with van der Waals surface area (Å²) in [4.78, 5) is 0. The summed E-state index contributed by atoms with van der Waals surface area (Å²) in [5.74, 6) is 1.21. The van der Waals surface area contributed by atoms with E-state index in [0.717, 1.165) is 30.6 Å². The molecule has 19 heavy (non-hydrogen) atoms. The van der Waals surface area contributed by atoms with Gasteiger partial charge < -0.3 is 9.84 Å². The quantitative estimate of drug-likeness (QED) is 0.904. The van der Waals surface area contributed by atoms with Gasteiger partial charge in [-0.3, -0.25) is 0 Å². The molecule has 1 N–H and O–H groups in total. The third-order valence-corrected chi connectivity index (χ3v) is 3.88. The van der Waals surface area contributed by atoms with Crippen LogP contribution >= 0.6 is 0 Å². The molecule has 2 atom stereocenters. The summed E-state index contributed by atoms with van der Waals surface area (Å²) in [6, 6.07) is 5.43. The second-order valence-electron chi connectivity index (χ2n) is 5.28. The Morgan fingerprint density at radius 1 is 1.37 bits per heavy atom. The van der Waals surface area contributed by atoms with Crippen LogP contribution in [0.25, 0.3) is 0 Å². The molecule has 1 aliphatic carbocycles. The van der Waals surface area contributed by atoms with Crippen LogP contribution in [0.5, 0.6) is 0 Å². The van der Waals surface area contributed by atoms with Gasteiger partial charge in [-0.1, -0.05) is 12.1 Å². The van der Waals surface area contributed by atoms with Crippen LogP contribution in [0.15, 0.2) is 30.0 Å². The lowest BCUT2D eigenvalue weighted by Gasteiger charge is -2.26. The van der Waals surface area contributed by atoms with Gasteiger partial charge in [0.05, 0.1) is 19.5 Å². The van der Waals surface area contributed by atoms with Gasteiger partial charge in [-0.15, -0.1) is 0 Å². The number of aliphatic hydroxyl groups excluding tert-OH is 1. The fourth-order valence-electron chi connectivity index (χ4n) is 2.65. The zero-order valence-corrected chi connectivity index (χ0v) is 11.5. The number of rotatable bonds is 4. The lowest BCUT2D eigenvalue weighted by Crippen LogP contribution is -2.19. The van der Waals surface area contributed by atoms with E-state index in [4.69, 9.17) is 4.74 Å². The molecule has 0 radical (unpaired) electrons. The van der Waals surface area contributed by atoms with Gasteiger partial charge in [0.1, 0.15) is 5.82 Å². The zero-order valence-electron chi connectivity index (χ0n) is 11.5. The minimum atomic E-state index is -0.141. The van der Waals surface area contributed by atoms with E-state index >= 15 is 0 Å². The molecule has 0 saturated heterocycles. The van der Waals surface area contributed by atoms with Crippen LogP contribution in [0.2, 0.25) is 0 Å². The van der Waals surface area contributed by atoms with Crippen molar-refractivity contribution in [1.29, 1.82) is 0 Å². The Balaban J connectivity index is 2.09. The van der Waals surface area contributed by atoms with Gasteiger partial charge in [-0.2, -0.15) is 0 Å². The average Bonchev–Trinajstić information content (AvgIpc) is 2.43. The smallest absolute Gasteiger partial charge is 0.126 e. The van der Waals surface area contributed by atoms with Crippen LogP contribution in [0.4, 0.5) is 4.39 Å². The van der Waals surface area contributed by atoms with Crippen LogP contribution in [0, 0.1) is 24.6 Å². The van der Waals surface area contributed by atoms with Crippen molar-refractivity contribution in [2.75, 3.05) is 13.7 Å². The number of allylic oxidation sites excluding steroid dienone is 1. The monoisotopic (exact) mass is 264 g/mol. The summed E-state index contributed by atoms with van der Waals surface area (Å²) in [7, 11) is 1.64. The Hall–Kier alpha value is -1.35. The number of aliphatic hydroxyl groups is 1. The maximum atomic E-state index is 13.5. The Morgan fingerprint density at radius 2 is 2.16 bits per heavy atom. The Morgan fingerprint density at radius 3 is 2.79 bits per heavy atom. The molecule has 0 heterocycles. The zero-order chi connectivity index (χ0) is 13.8. The number of halogens is 1. The molecule has 2 nitrogen and oxygen atoms in total. The Bertz CT molecular complexity index is 468. The second kappa shape index (κ2) is 6.20. The number of hydrogen-bond acceptors (Lipinski definition) is 2. The van der Waals surface area contributed by atoms with Crippen molar-refractivity contribution in [2.45, 2.75) is 26.2 Å². The molecule has 0 amide bonds. The molecule has 0 bridgehead atoms. The molecular formula is C16H21FO2. The first-order chi connectivity index (χ1) is 9.13. The molecule has 1 aromatic carbocycles.